The molecule has 0 N–H and O–H groups in total. The molecule has 3 nitrogen and oxygen atoms in total. The van der Waals surface area contributed by atoms with Gasteiger partial charge in [0, 0.05) is 22.6 Å². The average Bonchev–Trinajstić information content (AvgIpc) is 2.58. The van der Waals surface area contributed by atoms with Crippen molar-refractivity contribution >= 4 is 17.3 Å². The van der Waals surface area contributed by atoms with Gasteiger partial charge in [0.05, 0.1) is 0 Å². The monoisotopic (exact) mass is 308 g/mol. The first-order chi connectivity index (χ1) is 11.1. The number of ketones is 2. The molecule has 1 aromatic carbocycles. The molecule has 0 aromatic heterocycles. The minimum Gasteiger partial charge on any atom is -0.485 e. The Hall–Kier alpha value is -2.16. The number of fused-ring (bicyclic) bond motifs is 3. The number of Topliss-reactive ketones (excluding diaryl/α,β-unsaturated/α-hetero) is 2. The number of ether oxygens (including phenoxy) is 1. The third-order valence-corrected chi connectivity index (χ3v) is 5.28. The Kier molecular flexibility index (Phi) is 3.26. The van der Waals surface area contributed by atoms with Crippen LogP contribution in [0.2, 0.25) is 0 Å². The highest BCUT2D eigenvalue weighted by Crippen LogP contribution is 2.44. The van der Waals surface area contributed by atoms with Crippen molar-refractivity contribution in [3.63, 3.8) is 0 Å². The van der Waals surface area contributed by atoms with Gasteiger partial charge in [0.2, 0.25) is 11.6 Å². The average molecular weight is 308 g/mol. The van der Waals surface area contributed by atoms with Crippen LogP contribution in [0.5, 0.6) is 0 Å². The second-order valence-corrected chi connectivity index (χ2v) is 6.99. The molecule has 0 saturated carbocycles. The fourth-order valence-corrected chi connectivity index (χ4v) is 3.90. The van der Waals surface area contributed by atoms with Crippen molar-refractivity contribution in [2.24, 2.45) is 11.8 Å². The number of rotatable bonds is 1. The molecule has 0 bridgehead atoms. The summed E-state index contributed by atoms with van der Waals surface area (Å²) in [6, 6.07) is 7.27. The first-order valence-electron chi connectivity index (χ1n) is 8.35. The lowest BCUT2D eigenvalue weighted by Gasteiger charge is -2.38. The van der Waals surface area contributed by atoms with Crippen molar-refractivity contribution in [2.75, 3.05) is 0 Å². The summed E-state index contributed by atoms with van der Waals surface area (Å²) in [6.07, 6.45) is 5.00. The van der Waals surface area contributed by atoms with Crippen LogP contribution >= 0.6 is 0 Å². The molecule has 2 atom stereocenters. The summed E-state index contributed by atoms with van der Waals surface area (Å²) in [4.78, 5) is 24.8. The van der Waals surface area contributed by atoms with Crippen LogP contribution < -0.4 is 0 Å². The van der Waals surface area contributed by atoms with Crippen LogP contribution in [0.1, 0.15) is 49.0 Å². The first kappa shape index (κ1) is 14.4. The van der Waals surface area contributed by atoms with E-state index in [9.17, 15) is 9.59 Å². The number of carbonyl (C=O) groups is 2. The molecule has 4 rings (SSSR count). The highest BCUT2D eigenvalue weighted by molar-refractivity contribution is 6.52. The van der Waals surface area contributed by atoms with Crippen molar-refractivity contribution in [3.05, 3.63) is 52.6 Å². The van der Waals surface area contributed by atoms with Gasteiger partial charge >= 0.3 is 0 Å². The standard InChI is InChI=1S/C20H20O3/c1-11(2)12-7-8-13-9-16-19(22)18(21)14-5-3-4-6-15(14)20(16)23-17(13)10-12/h3-6,10-11,13,17H,7-9H2,1-2H3. The molecule has 0 spiro atoms. The molecule has 23 heavy (non-hydrogen) atoms. The second-order valence-electron chi connectivity index (χ2n) is 6.99. The number of hydrogen-bond acceptors (Lipinski definition) is 3. The summed E-state index contributed by atoms with van der Waals surface area (Å²) in [5, 5.41) is 0. The normalized spacial score (nSPS) is 26.3. The predicted octanol–water partition coefficient (Wildman–Crippen LogP) is 3.94. The van der Waals surface area contributed by atoms with Crippen LogP contribution in [0, 0.1) is 11.8 Å². The van der Waals surface area contributed by atoms with Crippen LogP contribution in [0.3, 0.4) is 0 Å². The van der Waals surface area contributed by atoms with Crippen molar-refractivity contribution in [1.29, 1.82) is 0 Å². The molecular weight excluding hydrogens is 288 g/mol. The molecule has 2 unspecified atom stereocenters. The van der Waals surface area contributed by atoms with Gasteiger partial charge in [0.1, 0.15) is 11.9 Å². The molecule has 2 aliphatic carbocycles. The Morgan fingerprint density at radius 1 is 1.09 bits per heavy atom. The Bertz CT molecular complexity index is 767. The van der Waals surface area contributed by atoms with E-state index >= 15 is 0 Å². The van der Waals surface area contributed by atoms with E-state index in [-0.39, 0.29) is 11.9 Å². The summed E-state index contributed by atoms with van der Waals surface area (Å²) in [6.45, 7) is 4.41. The molecule has 3 heteroatoms. The molecular formula is C20H20O3. The van der Waals surface area contributed by atoms with Gasteiger partial charge in [-0.05, 0) is 31.3 Å². The van der Waals surface area contributed by atoms with E-state index in [1.165, 1.54) is 5.57 Å². The van der Waals surface area contributed by atoms with Crippen molar-refractivity contribution in [2.45, 2.75) is 39.2 Å². The maximum absolute atomic E-state index is 12.5. The minimum atomic E-state index is -0.393. The smallest absolute Gasteiger partial charge is 0.234 e. The summed E-state index contributed by atoms with van der Waals surface area (Å²) >= 11 is 0. The first-order valence-corrected chi connectivity index (χ1v) is 8.35. The van der Waals surface area contributed by atoms with E-state index in [4.69, 9.17) is 4.74 Å². The quantitative estimate of drug-likeness (QED) is 0.583. The molecule has 1 aliphatic heterocycles. The van der Waals surface area contributed by atoms with E-state index < -0.39 is 5.78 Å². The molecule has 0 fully saturated rings. The van der Waals surface area contributed by atoms with Crippen LogP contribution in [0.25, 0.3) is 5.76 Å². The number of carbonyl (C=O) groups excluding carboxylic acids is 2. The fourth-order valence-electron chi connectivity index (χ4n) is 3.90. The zero-order chi connectivity index (χ0) is 16.1. The van der Waals surface area contributed by atoms with Gasteiger partial charge < -0.3 is 4.74 Å². The van der Waals surface area contributed by atoms with E-state index in [1.54, 1.807) is 12.1 Å². The van der Waals surface area contributed by atoms with E-state index in [0.717, 1.165) is 18.4 Å². The largest absolute Gasteiger partial charge is 0.485 e. The number of allylic oxidation sites excluding steroid dienone is 2. The van der Waals surface area contributed by atoms with E-state index in [1.807, 2.05) is 12.1 Å². The highest BCUT2D eigenvalue weighted by atomic mass is 16.5. The van der Waals surface area contributed by atoms with E-state index in [2.05, 4.69) is 19.9 Å². The van der Waals surface area contributed by atoms with Gasteiger partial charge in [0.25, 0.3) is 0 Å². The molecule has 1 heterocycles. The SMILES string of the molecule is CC(C)C1=CC2OC3=C(CC2CC1)C(=O)C(=O)c1ccccc13. The van der Waals surface area contributed by atoms with Gasteiger partial charge in [-0.1, -0.05) is 43.7 Å². The Morgan fingerprint density at radius 2 is 1.83 bits per heavy atom. The summed E-state index contributed by atoms with van der Waals surface area (Å²) in [5.74, 6) is 0.689. The summed E-state index contributed by atoms with van der Waals surface area (Å²) in [7, 11) is 0. The van der Waals surface area contributed by atoms with Gasteiger partial charge in [-0.15, -0.1) is 0 Å². The van der Waals surface area contributed by atoms with Gasteiger partial charge in [-0.3, -0.25) is 9.59 Å². The third kappa shape index (κ3) is 2.18. The predicted molar refractivity (Wildman–Crippen MR) is 87.8 cm³/mol. The second kappa shape index (κ2) is 5.19. The van der Waals surface area contributed by atoms with Crippen LogP contribution in [0.4, 0.5) is 0 Å². The van der Waals surface area contributed by atoms with Crippen molar-refractivity contribution in [3.8, 4) is 0 Å². The van der Waals surface area contributed by atoms with Crippen LogP contribution in [-0.2, 0) is 9.53 Å². The van der Waals surface area contributed by atoms with Gasteiger partial charge in [0.15, 0.2) is 0 Å². The molecule has 118 valence electrons. The van der Waals surface area contributed by atoms with Crippen molar-refractivity contribution in [1.82, 2.24) is 0 Å². The Balaban J connectivity index is 1.79. The molecule has 1 aromatic rings. The molecule has 0 amide bonds. The zero-order valence-electron chi connectivity index (χ0n) is 13.5. The third-order valence-electron chi connectivity index (χ3n) is 5.28. The van der Waals surface area contributed by atoms with Gasteiger partial charge in [-0.25, -0.2) is 0 Å². The molecule has 0 radical (unpaired) electrons. The minimum absolute atomic E-state index is 0.0222. The fraction of sp³-hybridized carbons (Fsp3) is 0.400. The summed E-state index contributed by atoms with van der Waals surface area (Å²) in [5.41, 5.74) is 3.26. The lowest BCUT2D eigenvalue weighted by atomic mass is 9.75. The van der Waals surface area contributed by atoms with Gasteiger partial charge in [-0.2, -0.15) is 0 Å². The lowest BCUT2D eigenvalue weighted by molar-refractivity contribution is -0.112. The van der Waals surface area contributed by atoms with Crippen LogP contribution in [-0.4, -0.2) is 17.7 Å². The number of hydrogen-bond donors (Lipinski definition) is 0. The highest BCUT2D eigenvalue weighted by Gasteiger charge is 2.41. The van der Waals surface area contributed by atoms with E-state index in [0.29, 0.717) is 35.2 Å². The topological polar surface area (TPSA) is 43.4 Å². The van der Waals surface area contributed by atoms with Crippen LogP contribution in [0.15, 0.2) is 41.5 Å². The molecule has 3 aliphatic rings. The van der Waals surface area contributed by atoms with Crippen molar-refractivity contribution < 1.29 is 14.3 Å². The zero-order valence-corrected chi connectivity index (χ0v) is 13.5. The number of benzene rings is 1. The molecule has 0 saturated heterocycles. The Morgan fingerprint density at radius 3 is 2.57 bits per heavy atom. The maximum atomic E-state index is 12.5. The Labute approximate surface area is 136 Å². The maximum Gasteiger partial charge on any atom is 0.234 e. The summed E-state index contributed by atoms with van der Waals surface area (Å²) < 4.78 is 6.25. The lowest BCUT2D eigenvalue weighted by Crippen LogP contribution is -2.36.